The largest absolute Gasteiger partial charge is 0.338 e. The topological polar surface area (TPSA) is 70.6 Å². The molecule has 4 rings (SSSR count). The Bertz CT molecular complexity index is 927. The van der Waals surface area contributed by atoms with E-state index in [0.29, 0.717) is 26.2 Å². The molecule has 0 radical (unpaired) electrons. The molecular formula is C17H18FN3O3S2. The number of hydrogen-bond donors (Lipinski definition) is 0. The number of hydrogen-bond acceptors (Lipinski definition) is 5. The molecule has 1 aromatic heterocycles. The molecule has 0 bridgehead atoms. The van der Waals surface area contributed by atoms with Gasteiger partial charge in [0.2, 0.25) is 10.0 Å². The highest BCUT2D eigenvalue weighted by molar-refractivity contribution is 7.89. The number of amides is 1. The molecule has 3 heterocycles. The highest BCUT2D eigenvalue weighted by Crippen LogP contribution is 2.30. The minimum atomic E-state index is -3.88. The predicted molar refractivity (Wildman–Crippen MR) is 95.2 cm³/mol. The third-order valence-corrected chi connectivity index (χ3v) is 7.74. The number of benzene rings is 1. The minimum Gasteiger partial charge on any atom is -0.338 e. The normalized spacial score (nSPS) is 21.0. The zero-order valence-electron chi connectivity index (χ0n) is 14.0. The second-order valence-corrected chi connectivity index (χ2v) is 9.34. The first-order valence-corrected chi connectivity index (χ1v) is 10.8. The average molecular weight is 395 g/mol. The zero-order chi connectivity index (χ0) is 18.3. The first-order valence-electron chi connectivity index (χ1n) is 8.45. The van der Waals surface area contributed by atoms with E-state index in [2.05, 4.69) is 4.98 Å². The first-order chi connectivity index (χ1) is 12.5. The third-order valence-electron chi connectivity index (χ3n) is 4.89. The lowest BCUT2D eigenvalue weighted by molar-refractivity contribution is 0.0790. The number of sulfonamides is 1. The summed E-state index contributed by atoms with van der Waals surface area (Å²) in [7, 11) is -3.88. The Morgan fingerprint density at radius 3 is 2.73 bits per heavy atom. The van der Waals surface area contributed by atoms with Crippen molar-refractivity contribution in [3.05, 3.63) is 46.2 Å². The van der Waals surface area contributed by atoms with Crippen molar-refractivity contribution in [1.29, 1.82) is 0 Å². The van der Waals surface area contributed by atoms with Gasteiger partial charge in [-0.05, 0) is 31.0 Å². The highest BCUT2D eigenvalue weighted by Gasteiger charge is 2.34. The number of carbonyl (C=O) groups excluding carboxylic acids is 1. The van der Waals surface area contributed by atoms with Crippen molar-refractivity contribution < 1.29 is 17.6 Å². The summed E-state index contributed by atoms with van der Waals surface area (Å²) < 4.78 is 40.4. The molecule has 2 saturated heterocycles. The minimum absolute atomic E-state index is 0.198. The van der Waals surface area contributed by atoms with Crippen LogP contribution in [0.25, 0.3) is 0 Å². The van der Waals surface area contributed by atoms with Gasteiger partial charge in [0, 0.05) is 49.2 Å². The van der Waals surface area contributed by atoms with Crippen molar-refractivity contribution in [3.63, 3.8) is 0 Å². The van der Waals surface area contributed by atoms with Crippen LogP contribution in [-0.4, -0.2) is 54.7 Å². The quantitative estimate of drug-likeness (QED) is 0.797. The van der Waals surface area contributed by atoms with Crippen LogP contribution in [0, 0.1) is 5.82 Å². The van der Waals surface area contributed by atoms with Gasteiger partial charge in [0.25, 0.3) is 5.91 Å². The first kappa shape index (κ1) is 17.6. The maximum Gasteiger partial charge on any atom is 0.253 e. The van der Waals surface area contributed by atoms with Crippen LogP contribution in [0.15, 0.2) is 34.7 Å². The molecule has 6 nitrogen and oxygen atoms in total. The molecule has 0 aliphatic carbocycles. The molecule has 2 aliphatic rings. The molecule has 0 spiro atoms. The molecular weight excluding hydrogens is 377 g/mol. The lowest BCUT2D eigenvalue weighted by Gasteiger charge is -2.30. The standard InChI is InChI=1S/C17H18FN3O3S2/c18-14-3-2-12(10-15(14)26(23,24)21-6-1-7-21)17(22)20-8-4-13(11-20)16-19-5-9-25-16/h2-3,5,9-10,13H,1,4,6-8,11H2. The van der Waals surface area contributed by atoms with Crippen molar-refractivity contribution in [2.45, 2.75) is 23.7 Å². The Morgan fingerprint density at radius 2 is 2.08 bits per heavy atom. The van der Waals surface area contributed by atoms with Gasteiger partial charge in [0.1, 0.15) is 10.7 Å². The van der Waals surface area contributed by atoms with Gasteiger partial charge in [0.05, 0.1) is 5.01 Å². The van der Waals surface area contributed by atoms with E-state index in [-0.39, 0.29) is 17.4 Å². The Morgan fingerprint density at radius 1 is 1.27 bits per heavy atom. The molecule has 26 heavy (non-hydrogen) atoms. The molecule has 1 amide bonds. The number of halogens is 1. The van der Waals surface area contributed by atoms with Crippen LogP contribution in [0.2, 0.25) is 0 Å². The number of thiazole rings is 1. The SMILES string of the molecule is O=C(c1ccc(F)c(S(=O)(=O)N2CCC2)c1)N1CCC(c2nccs2)C1. The van der Waals surface area contributed by atoms with Crippen molar-refractivity contribution in [2.24, 2.45) is 0 Å². The molecule has 1 aromatic carbocycles. The van der Waals surface area contributed by atoms with Crippen LogP contribution in [0.4, 0.5) is 4.39 Å². The van der Waals surface area contributed by atoms with E-state index in [4.69, 9.17) is 0 Å². The highest BCUT2D eigenvalue weighted by atomic mass is 32.2. The average Bonchev–Trinajstić information content (AvgIpc) is 3.23. The maximum atomic E-state index is 14.1. The molecule has 0 N–H and O–H groups in total. The van der Waals surface area contributed by atoms with Gasteiger partial charge in [-0.15, -0.1) is 11.3 Å². The monoisotopic (exact) mass is 395 g/mol. The van der Waals surface area contributed by atoms with Crippen LogP contribution < -0.4 is 0 Å². The molecule has 1 unspecified atom stereocenters. The van der Waals surface area contributed by atoms with E-state index in [1.54, 1.807) is 22.4 Å². The molecule has 2 aliphatic heterocycles. The lowest BCUT2D eigenvalue weighted by atomic mass is 10.1. The Hall–Kier alpha value is -1.84. The van der Waals surface area contributed by atoms with Gasteiger partial charge >= 0.3 is 0 Å². The lowest BCUT2D eigenvalue weighted by Crippen LogP contribution is -2.42. The second kappa shape index (κ2) is 6.71. The smallest absolute Gasteiger partial charge is 0.253 e. The molecule has 138 valence electrons. The molecule has 0 saturated carbocycles. The second-order valence-electron chi connectivity index (χ2n) is 6.51. The molecule has 9 heteroatoms. The molecule has 2 aromatic rings. The Kier molecular flexibility index (Phi) is 4.54. The summed E-state index contributed by atoms with van der Waals surface area (Å²) >= 11 is 1.57. The summed E-state index contributed by atoms with van der Waals surface area (Å²) in [4.78, 5) is 18.4. The fourth-order valence-electron chi connectivity index (χ4n) is 3.27. The fourth-order valence-corrected chi connectivity index (χ4v) is 5.64. The number of carbonyl (C=O) groups is 1. The summed E-state index contributed by atoms with van der Waals surface area (Å²) in [5.41, 5.74) is 0.199. The van der Waals surface area contributed by atoms with E-state index in [0.717, 1.165) is 23.9 Å². The summed E-state index contributed by atoms with van der Waals surface area (Å²) in [6, 6.07) is 3.58. The van der Waals surface area contributed by atoms with Gasteiger partial charge in [0.15, 0.2) is 0 Å². The maximum absolute atomic E-state index is 14.1. The summed E-state index contributed by atoms with van der Waals surface area (Å²) in [6.07, 6.45) is 3.34. The van der Waals surface area contributed by atoms with Crippen molar-refractivity contribution >= 4 is 27.3 Å². The number of likely N-dealkylation sites (tertiary alicyclic amines) is 1. The fraction of sp³-hybridized carbons (Fsp3) is 0.412. The third kappa shape index (κ3) is 3.04. The number of nitrogens with zero attached hydrogens (tertiary/aromatic N) is 3. The van der Waals surface area contributed by atoms with Crippen LogP contribution in [0.5, 0.6) is 0 Å². The van der Waals surface area contributed by atoms with Gasteiger partial charge in [-0.1, -0.05) is 0 Å². The van der Waals surface area contributed by atoms with Gasteiger partial charge < -0.3 is 4.90 Å². The van der Waals surface area contributed by atoms with Crippen LogP contribution in [0.3, 0.4) is 0 Å². The van der Waals surface area contributed by atoms with Crippen LogP contribution in [0.1, 0.15) is 34.1 Å². The summed E-state index contributed by atoms with van der Waals surface area (Å²) in [5, 5.41) is 2.91. The van der Waals surface area contributed by atoms with E-state index in [1.165, 1.54) is 16.4 Å². The van der Waals surface area contributed by atoms with Crippen LogP contribution >= 0.6 is 11.3 Å². The van der Waals surface area contributed by atoms with E-state index < -0.39 is 20.7 Å². The predicted octanol–water partition coefficient (Wildman–Crippen LogP) is 2.31. The Labute approximate surface area is 155 Å². The Balaban J connectivity index is 1.56. The van der Waals surface area contributed by atoms with E-state index >= 15 is 0 Å². The number of rotatable bonds is 4. The van der Waals surface area contributed by atoms with Crippen molar-refractivity contribution in [1.82, 2.24) is 14.2 Å². The van der Waals surface area contributed by atoms with E-state index in [1.807, 2.05) is 5.38 Å². The van der Waals surface area contributed by atoms with Crippen LogP contribution in [-0.2, 0) is 10.0 Å². The summed E-state index contributed by atoms with van der Waals surface area (Å²) in [5.74, 6) is -0.900. The van der Waals surface area contributed by atoms with Gasteiger partial charge in [-0.2, -0.15) is 4.31 Å². The van der Waals surface area contributed by atoms with Gasteiger partial charge in [-0.25, -0.2) is 17.8 Å². The van der Waals surface area contributed by atoms with E-state index in [9.17, 15) is 17.6 Å². The van der Waals surface area contributed by atoms with Gasteiger partial charge in [-0.3, -0.25) is 4.79 Å². The zero-order valence-corrected chi connectivity index (χ0v) is 15.6. The molecule has 2 fully saturated rings. The van der Waals surface area contributed by atoms with Crippen molar-refractivity contribution in [3.8, 4) is 0 Å². The van der Waals surface area contributed by atoms with Crippen molar-refractivity contribution in [2.75, 3.05) is 26.2 Å². The number of aromatic nitrogens is 1. The molecule has 1 atom stereocenters. The summed E-state index contributed by atoms with van der Waals surface area (Å²) in [6.45, 7) is 1.90.